The first-order chi connectivity index (χ1) is 11.7. The SMILES string of the molecule is CCOC(=O)c1cnn(CC2CCN(C(=O)OC(C)(C)C)CC2)c1O. The van der Waals surface area contributed by atoms with Crippen LogP contribution < -0.4 is 0 Å². The summed E-state index contributed by atoms with van der Waals surface area (Å²) in [5.41, 5.74) is -0.425. The summed E-state index contributed by atoms with van der Waals surface area (Å²) >= 11 is 0. The van der Waals surface area contributed by atoms with Crippen LogP contribution in [0.15, 0.2) is 6.20 Å². The Labute approximate surface area is 147 Å². The minimum absolute atomic E-state index is 0.0769. The molecule has 0 aliphatic carbocycles. The van der Waals surface area contributed by atoms with Crippen LogP contribution in [-0.2, 0) is 16.0 Å². The predicted molar refractivity (Wildman–Crippen MR) is 90.4 cm³/mol. The van der Waals surface area contributed by atoms with Gasteiger partial charge in [0.15, 0.2) is 0 Å². The van der Waals surface area contributed by atoms with Gasteiger partial charge < -0.3 is 19.5 Å². The van der Waals surface area contributed by atoms with Gasteiger partial charge in [-0.25, -0.2) is 14.3 Å². The van der Waals surface area contributed by atoms with Crippen LogP contribution in [0, 0.1) is 5.92 Å². The molecule has 1 saturated heterocycles. The summed E-state index contributed by atoms with van der Waals surface area (Å²) in [7, 11) is 0. The van der Waals surface area contributed by atoms with Gasteiger partial charge in [0.1, 0.15) is 11.2 Å². The number of hydrogen-bond donors (Lipinski definition) is 1. The van der Waals surface area contributed by atoms with Gasteiger partial charge in [0, 0.05) is 19.6 Å². The van der Waals surface area contributed by atoms with E-state index in [1.165, 1.54) is 10.9 Å². The maximum absolute atomic E-state index is 12.1. The zero-order chi connectivity index (χ0) is 18.6. The van der Waals surface area contributed by atoms with Crippen molar-refractivity contribution in [2.24, 2.45) is 5.92 Å². The third-order valence-corrected chi connectivity index (χ3v) is 4.00. The second-order valence-corrected chi connectivity index (χ2v) is 7.20. The molecule has 25 heavy (non-hydrogen) atoms. The Morgan fingerprint density at radius 3 is 2.52 bits per heavy atom. The van der Waals surface area contributed by atoms with Crippen LogP contribution in [0.4, 0.5) is 4.79 Å². The van der Waals surface area contributed by atoms with Gasteiger partial charge in [-0.15, -0.1) is 0 Å². The average Bonchev–Trinajstić information content (AvgIpc) is 2.87. The summed E-state index contributed by atoms with van der Waals surface area (Å²) in [6, 6.07) is 0. The summed E-state index contributed by atoms with van der Waals surface area (Å²) in [5.74, 6) is -0.487. The fraction of sp³-hybridized carbons (Fsp3) is 0.706. The van der Waals surface area contributed by atoms with Gasteiger partial charge in [0.05, 0.1) is 12.8 Å². The number of aromatic hydroxyl groups is 1. The molecule has 1 aliphatic rings. The minimum Gasteiger partial charge on any atom is -0.493 e. The molecule has 2 rings (SSSR count). The Balaban J connectivity index is 1.88. The smallest absolute Gasteiger partial charge is 0.410 e. The molecule has 0 radical (unpaired) electrons. The largest absolute Gasteiger partial charge is 0.493 e. The van der Waals surface area contributed by atoms with Crippen molar-refractivity contribution in [3.8, 4) is 5.88 Å². The van der Waals surface area contributed by atoms with E-state index in [2.05, 4.69) is 5.10 Å². The molecule has 1 amide bonds. The molecule has 2 heterocycles. The van der Waals surface area contributed by atoms with Crippen molar-refractivity contribution in [3.63, 3.8) is 0 Å². The van der Waals surface area contributed by atoms with Crippen LogP contribution in [0.2, 0.25) is 0 Å². The van der Waals surface area contributed by atoms with Crippen LogP contribution in [0.1, 0.15) is 50.9 Å². The fourth-order valence-electron chi connectivity index (χ4n) is 2.73. The van der Waals surface area contributed by atoms with E-state index in [-0.39, 0.29) is 30.1 Å². The van der Waals surface area contributed by atoms with Crippen molar-refractivity contribution in [1.82, 2.24) is 14.7 Å². The highest BCUT2D eigenvalue weighted by molar-refractivity contribution is 5.91. The Bertz CT molecular complexity index is 612. The van der Waals surface area contributed by atoms with Crippen LogP contribution in [0.3, 0.4) is 0 Å². The number of ether oxygens (including phenoxy) is 2. The highest BCUT2D eigenvalue weighted by Gasteiger charge is 2.28. The molecular weight excluding hydrogens is 326 g/mol. The van der Waals surface area contributed by atoms with E-state index in [1.54, 1.807) is 11.8 Å². The molecule has 140 valence electrons. The number of amides is 1. The number of esters is 1. The van der Waals surface area contributed by atoms with Gasteiger partial charge in [-0.05, 0) is 46.5 Å². The van der Waals surface area contributed by atoms with E-state index < -0.39 is 11.6 Å². The lowest BCUT2D eigenvalue weighted by Crippen LogP contribution is -2.42. The maximum atomic E-state index is 12.1. The summed E-state index contributed by atoms with van der Waals surface area (Å²) in [6.45, 7) is 9.19. The number of rotatable bonds is 4. The van der Waals surface area contributed by atoms with E-state index in [4.69, 9.17) is 9.47 Å². The molecule has 1 N–H and O–H groups in total. The van der Waals surface area contributed by atoms with Crippen molar-refractivity contribution in [2.75, 3.05) is 19.7 Å². The number of likely N-dealkylation sites (tertiary alicyclic amines) is 1. The second kappa shape index (κ2) is 7.76. The second-order valence-electron chi connectivity index (χ2n) is 7.20. The summed E-state index contributed by atoms with van der Waals surface area (Å²) in [5, 5.41) is 14.2. The molecule has 0 atom stereocenters. The number of aromatic nitrogens is 2. The van der Waals surface area contributed by atoms with Gasteiger partial charge in [-0.3, -0.25) is 0 Å². The lowest BCUT2D eigenvalue weighted by Gasteiger charge is -2.33. The first kappa shape index (κ1) is 19.1. The van der Waals surface area contributed by atoms with Crippen LogP contribution in [0.25, 0.3) is 0 Å². The van der Waals surface area contributed by atoms with E-state index in [0.717, 1.165) is 12.8 Å². The van der Waals surface area contributed by atoms with E-state index >= 15 is 0 Å². The highest BCUT2D eigenvalue weighted by Crippen LogP contribution is 2.24. The molecular formula is C17H27N3O5. The topological polar surface area (TPSA) is 93.9 Å². The molecule has 1 fully saturated rings. The summed E-state index contributed by atoms with van der Waals surface area (Å²) in [4.78, 5) is 25.5. The molecule has 1 aromatic heterocycles. The molecule has 0 bridgehead atoms. The molecule has 8 heteroatoms. The third-order valence-electron chi connectivity index (χ3n) is 4.00. The molecule has 1 aliphatic heterocycles. The summed E-state index contributed by atoms with van der Waals surface area (Å²) < 4.78 is 11.7. The van der Waals surface area contributed by atoms with Crippen molar-refractivity contribution in [3.05, 3.63) is 11.8 Å². The first-order valence-corrected chi connectivity index (χ1v) is 8.61. The van der Waals surface area contributed by atoms with E-state index in [9.17, 15) is 14.7 Å². The van der Waals surface area contributed by atoms with Crippen LogP contribution in [0.5, 0.6) is 5.88 Å². The normalized spacial score (nSPS) is 15.9. The number of piperidine rings is 1. The molecule has 0 spiro atoms. The Hall–Kier alpha value is -2.25. The summed E-state index contributed by atoms with van der Waals surface area (Å²) in [6.07, 6.45) is 2.60. The highest BCUT2D eigenvalue weighted by atomic mass is 16.6. The molecule has 8 nitrogen and oxygen atoms in total. The Morgan fingerprint density at radius 2 is 1.96 bits per heavy atom. The van der Waals surface area contributed by atoms with Crippen molar-refractivity contribution < 1.29 is 24.2 Å². The molecule has 0 aromatic carbocycles. The number of carbonyl (C=O) groups is 2. The molecule has 0 saturated carbocycles. The Kier molecular flexibility index (Phi) is 5.92. The van der Waals surface area contributed by atoms with Gasteiger partial charge in [0.2, 0.25) is 5.88 Å². The van der Waals surface area contributed by atoms with Gasteiger partial charge in [-0.1, -0.05) is 0 Å². The number of hydrogen-bond acceptors (Lipinski definition) is 6. The zero-order valence-corrected chi connectivity index (χ0v) is 15.3. The van der Waals surface area contributed by atoms with Gasteiger partial charge >= 0.3 is 12.1 Å². The van der Waals surface area contributed by atoms with Gasteiger partial charge in [0.25, 0.3) is 0 Å². The standard InChI is InChI=1S/C17H27N3O5/c1-5-24-15(22)13-10-18-20(14(13)21)11-12-6-8-19(9-7-12)16(23)25-17(2,3)4/h10,12,21H,5-9,11H2,1-4H3. The average molecular weight is 353 g/mol. The number of nitrogens with zero attached hydrogens (tertiary/aromatic N) is 3. The van der Waals surface area contributed by atoms with Gasteiger partial charge in [-0.2, -0.15) is 5.10 Å². The zero-order valence-electron chi connectivity index (χ0n) is 15.3. The van der Waals surface area contributed by atoms with Crippen LogP contribution in [-0.4, -0.2) is 57.1 Å². The lowest BCUT2D eigenvalue weighted by molar-refractivity contribution is 0.0175. The quantitative estimate of drug-likeness (QED) is 0.836. The third kappa shape index (κ3) is 5.11. The Morgan fingerprint density at radius 1 is 1.32 bits per heavy atom. The van der Waals surface area contributed by atoms with E-state index in [1.807, 2.05) is 20.8 Å². The molecule has 1 aromatic rings. The lowest BCUT2D eigenvalue weighted by atomic mass is 9.97. The monoisotopic (exact) mass is 353 g/mol. The minimum atomic E-state index is -0.578. The predicted octanol–water partition coefficient (Wildman–Crippen LogP) is 2.41. The number of carbonyl (C=O) groups excluding carboxylic acids is 2. The maximum Gasteiger partial charge on any atom is 0.410 e. The van der Waals surface area contributed by atoms with Crippen molar-refractivity contribution in [2.45, 2.75) is 52.7 Å². The first-order valence-electron chi connectivity index (χ1n) is 8.61. The van der Waals surface area contributed by atoms with Crippen LogP contribution >= 0.6 is 0 Å². The fourth-order valence-corrected chi connectivity index (χ4v) is 2.73. The van der Waals surface area contributed by atoms with Crippen molar-refractivity contribution in [1.29, 1.82) is 0 Å². The van der Waals surface area contributed by atoms with E-state index in [0.29, 0.717) is 19.6 Å². The molecule has 0 unspecified atom stereocenters. The van der Waals surface area contributed by atoms with Crippen molar-refractivity contribution >= 4 is 12.1 Å².